The maximum Gasteiger partial charge on any atom is 0.310 e. The Morgan fingerprint density at radius 1 is 1.50 bits per heavy atom. The average molecular weight is 330 g/mol. The molecule has 1 spiro atoms. The van der Waals surface area contributed by atoms with E-state index in [0.717, 1.165) is 0 Å². The summed E-state index contributed by atoms with van der Waals surface area (Å²) in [5, 5.41) is 0.337. The molecule has 0 unspecified atom stereocenters. The molecule has 1 heterocycles. The number of rotatable bonds is 3. The maximum absolute atomic E-state index is 13.5. The van der Waals surface area contributed by atoms with Crippen LogP contribution in [0.4, 0.5) is 14.5 Å². The summed E-state index contributed by atoms with van der Waals surface area (Å²) < 4.78 is 31.8. The van der Waals surface area contributed by atoms with E-state index in [-0.39, 0.29) is 6.61 Å². The van der Waals surface area contributed by atoms with E-state index in [9.17, 15) is 18.4 Å². The molecule has 2 aliphatic rings. The molecular weight excluding hydrogens is 316 g/mol. The number of hydrogen-bond donors (Lipinski definition) is 0. The molecule has 0 bridgehead atoms. The normalized spacial score (nSPS) is 29.2. The van der Waals surface area contributed by atoms with Crippen LogP contribution in [0, 0.1) is 11.8 Å². The molecule has 1 aliphatic heterocycles. The quantitative estimate of drug-likeness (QED) is 0.801. The third-order valence-corrected chi connectivity index (χ3v) is 4.74. The van der Waals surface area contributed by atoms with Crippen LogP contribution in [0.15, 0.2) is 18.2 Å². The molecular formula is C15H14ClF2NO3. The zero-order valence-corrected chi connectivity index (χ0v) is 12.7. The van der Waals surface area contributed by atoms with Gasteiger partial charge in [-0.3, -0.25) is 9.59 Å². The van der Waals surface area contributed by atoms with Crippen LogP contribution < -0.4 is 4.90 Å². The Hall–Kier alpha value is -1.69. The van der Waals surface area contributed by atoms with Gasteiger partial charge in [0.2, 0.25) is 12.3 Å². The number of ether oxygens (including phenoxy) is 1. The first-order valence-electron chi connectivity index (χ1n) is 6.90. The first-order chi connectivity index (χ1) is 10.4. The lowest BCUT2D eigenvalue weighted by Crippen LogP contribution is -2.32. The number of carbonyl (C=O) groups excluding carboxylic acids is 2. The number of alkyl halides is 2. The van der Waals surface area contributed by atoms with Gasteiger partial charge in [0, 0.05) is 17.8 Å². The lowest BCUT2D eigenvalue weighted by atomic mass is 9.93. The minimum Gasteiger partial charge on any atom is -0.466 e. The summed E-state index contributed by atoms with van der Waals surface area (Å²) in [5.74, 6) is -3.81. The molecule has 3 rings (SSSR count). The number of benzene rings is 1. The number of amides is 1. The Kier molecular flexibility index (Phi) is 3.40. The topological polar surface area (TPSA) is 46.6 Å². The van der Waals surface area contributed by atoms with Gasteiger partial charge in [-0.15, -0.1) is 0 Å². The summed E-state index contributed by atoms with van der Waals surface area (Å²) in [5.41, 5.74) is -0.655. The zero-order chi connectivity index (χ0) is 16.2. The second kappa shape index (κ2) is 4.91. The van der Waals surface area contributed by atoms with Crippen molar-refractivity contribution in [2.45, 2.75) is 18.8 Å². The third kappa shape index (κ3) is 1.73. The fourth-order valence-corrected chi connectivity index (χ4v) is 3.75. The van der Waals surface area contributed by atoms with Crippen LogP contribution in [-0.2, 0) is 19.7 Å². The van der Waals surface area contributed by atoms with Crippen molar-refractivity contribution in [3.63, 3.8) is 0 Å². The minimum atomic E-state index is -2.79. The van der Waals surface area contributed by atoms with Crippen molar-refractivity contribution in [2.24, 2.45) is 11.8 Å². The molecule has 1 aromatic rings. The summed E-state index contributed by atoms with van der Waals surface area (Å²) >= 11 is 5.96. The predicted octanol–water partition coefficient (Wildman–Crippen LogP) is 2.63. The van der Waals surface area contributed by atoms with Gasteiger partial charge in [-0.25, -0.2) is 8.78 Å². The molecule has 3 atom stereocenters. The molecule has 1 fully saturated rings. The van der Waals surface area contributed by atoms with Gasteiger partial charge in [-0.05, 0) is 30.7 Å². The van der Waals surface area contributed by atoms with Crippen LogP contribution >= 0.6 is 11.6 Å². The third-order valence-electron chi connectivity index (χ3n) is 4.50. The molecule has 1 amide bonds. The molecule has 7 heteroatoms. The van der Waals surface area contributed by atoms with Crippen molar-refractivity contribution in [3.05, 3.63) is 28.8 Å². The number of likely N-dealkylation sites (N-methyl/N-ethyl adjacent to an activating group) is 1. The van der Waals surface area contributed by atoms with Gasteiger partial charge in [0.1, 0.15) is 0 Å². The predicted molar refractivity (Wildman–Crippen MR) is 76.2 cm³/mol. The number of hydrogen-bond acceptors (Lipinski definition) is 3. The van der Waals surface area contributed by atoms with Gasteiger partial charge in [-0.1, -0.05) is 11.6 Å². The Morgan fingerprint density at radius 2 is 2.18 bits per heavy atom. The molecule has 1 aliphatic carbocycles. The number of anilines is 1. The monoisotopic (exact) mass is 329 g/mol. The van der Waals surface area contributed by atoms with Crippen molar-refractivity contribution < 1.29 is 23.1 Å². The smallest absolute Gasteiger partial charge is 0.310 e. The number of esters is 1. The van der Waals surface area contributed by atoms with E-state index in [1.165, 1.54) is 18.0 Å². The molecule has 0 aromatic heterocycles. The Bertz CT molecular complexity index is 666. The van der Waals surface area contributed by atoms with Crippen LogP contribution in [0.1, 0.15) is 12.5 Å². The average Bonchev–Trinajstić information content (AvgIpc) is 3.12. The van der Waals surface area contributed by atoms with Gasteiger partial charge in [0.15, 0.2) is 0 Å². The van der Waals surface area contributed by atoms with E-state index in [1.807, 2.05) is 0 Å². The van der Waals surface area contributed by atoms with Gasteiger partial charge < -0.3 is 9.64 Å². The highest BCUT2D eigenvalue weighted by molar-refractivity contribution is 6.31. The number of halogens is 3. The van der Waals surface area contributed by atoms with E-state index in [1.54, 1.807) is 19.1 Å². The Balaban J connectivity index is 2.15. The van der Waals surface area contributed by atoms with Crippen LogP contribution in [0.3, 0.4) is 0 Å². The molecule has 22 heavy (non-hydrogen) atoms. The largest absolute Gasteiger partial charge is 0.466 e. The summed E-state index contributed by atoms with van der Waals surface area (Å²) in [6.07, 6.45) is -2.79. The summed E-state index contributed by atoms with van der Waals surface area (Å²) in [6, 6.07) is 4.68. The number of nitrogens with zero attached hydrogens (tertiary/aromatic N) is 1. The van der Waals surface area contributed by atoms with Crippen LogP contribution in [0.25, 0.3) is 0 Å². The molecule has 0 saturated heterocycles. The second-order valence-corrected chi connectivity index (χ2v) is 5.92. The van der Waals surface area contributed by atoms with Crippen molar-refractivity contribution in [3.8, 4) is 0 Å². The second-order valence-electron chi connectivity index (χ2n) is 5.48. The summed E-state index contributed by atoms with van der Waals surface area (Å²) in [4.78, 5) is 26.0. The van der Waals surface area contributed by atoms with E-state index < -0.39 is 35.6 Å². The Morgan fingerprint density at radius 3 is 2.77 bits per heavy atom. The molecule has 1 aromatic carbocycles. The fraction of sp³-hybridized carbons (Fsp3) is 0.467. The highest BCUT2D eigenvalue weighted by Gasteiger charge is 2.80. The lowest BCUT2D eigenvalue weighted by molar-refractivity contribution is -0.146. The molecule has 1 saturated carbocycles. The maximum atomic E-state index is 13.5. The minimum absolute atomic E-state index is 0.0772. The number of carbonyl (C=O) groups is 2. The molecule has 0 radical (unpaired) electrons. The van der Waals surface area contributed by atoms with Gasteiger partial charge in [0.05, 0.1) is 23.9 Å². The van der Waals surface area contributed by atoms with Crippen molar-refractivity contribution in [1.82, 2.24) is 0 Å². The lowest BCUT2D eigenvalue weighted by Gasteiger charge is -2.11. The summed E-state index contributed by atoms with van der Waals surface area (Å²) in [7, 11) is 1.51. The van der Waals surface area contributed by atoms with E-state index in [4.69, 9.17) is 16.3 Å². The van der Waals surface area contributed by atoms with Crippen molar-refractivity contribution >= 4 is 29.2 Å². The van der Waals surface area contributed by atoms with Crippen molar-refractivity contribution in [1.29, 1.82) is 0 Å². The summed E-state index contributed by atoms with van der Waals surface area (Å²) in [6.45, 7) is 1.67. The van der Waals surface area contributed by atoms with Crippen LogP contribution in [0.2, 0.25) is 5.02 Å². The Labute approximate surface area is 131 Å². The fourth-order valence-electron chi connectivity index (χ4n) is 3.58. The first-order valence-corrected chi connectivity index (χ1v) is 7.28. The zero-order valence-electron chi connectivity index (χ0n) is 12.0. The number of fused-ring (bicyclic) bond motifs is 2. The van der Waals surface area contributed by atoms with Gasteiger partial charge in [0.25, 0.3) is 0 Å². The van der Waals surface area contributed by atoms with Crippen LogP contribution in [-0.4, -0.2) is 32.0 Å². The molecule has 118 valence electrons. The highest BCUT2D eigenvalue weighted by atomic mass is 35.5. The molecule has 0 N–H and O–H groups in total. The van der Waals surface area contributed by atoms with Crippen LogP contribution in [0.5, 0.6) is 0 Å². The van der Waals surface area contributed by atoms with Gasteiger partial charge in [-0.2, -0.15) is 0 Å². The van der Waals surface area contributed by atoms with Crippen molar-refractivity contribution in [2.75, 3.05) is 18.6 Å². The van der Waals surface area contributed by atoms with E-state index in [0.29, 0.717) is 16.3 Å². The standard InChI is InChI=1S/C15H14ClF2NO3/c1-3-22-13(20)11-10(12(17)18)15(11)8-6-7(16)4-5-9(8)19(2)14(15)21/h4-6,10-12H,3H2,1-2H3/t10-,11-,15+/m0/s1. The highest BCUT2D eigenvalue weighted by Crippen LogP contribution is 2.68. The molecule has 4 nitrogen and oxygen atoms in total. The SMILES string of the molecule is CCOC(=O)[C@@H]1[C@@H](C(F)F)[C@@]12C(=O)N(C)c1ccc(Cl)cc12. The first kappa shape index (κ1) is 15.2. The van der Waals surface area contributed by atoms with E-state index >= 15 is 0 Å². The van der Waals surface area contributed by atoms with E-state index in [2.05, 4.69) is 0 Å². The van der Waals surface area contributed by atoms with Gasteiger partial charge >= 0.3 is 5.97 Å².